The number of aromatic nitrogens is 1. The lowest BCUT2D eigenvalue weighted by Crippen LogP contribution is -2.49. The summed E-state index contributed by atoms with van der Waals surface area (Å²) >= 11 is 0. The summed E-state index contributed by atoms with van der Waals surface area (Å²) in [6.07, 6.45) is 1.83. The molecule has 2 aromatic carbocycles. The fraction of sp³-hybridized carbons (Fsp3) is 0.286. The molecule has 26 heavy (non-hydrogen) atoms. The van der Waals surface area contributed by atoms with E-state index < -0.39 is 0 Å². The number of piperazine rings is 1. The SMILES string of the molecule is CCNc1ccccc1N1CCN(C(=O)c2c[nH]c3ccccc23)CC1. The molecule has 134 valence electrons. The Morgan fingerprint density at radius 2 is 1.77 bits per heavy atom. The molecule has 0 saturated carbocycles. The van der Waals surface area contributed by atoms with Gasteiger partial charge in [0, 0.05) is 49.8 Å². The lowest BCUT2D eigenvalue weighted by atomic mass is 10.1. The zero-order valence-corrected chi connectivity index (χ0v) is 15.0. The molecule has 0 aliphatic carbocycles. The first-order chi connectivity index (χ1) is 12.8. The van der Waals surface area contributed by atoms with Crippen molar-refractivity contribution in [1.82, 2.24) is 9.88 Å². The third-order valence-electron chi connectivity index (χ3n) is 5.00. The van der Waals surface area contributed by atoms with Gasteiger partial charge < -0.3 is 20.1 Å². The molecule has 2 N–H and O–H groups in total. The first kappa shape index (κ1) is 16.5. The van der Waals surface area contributed by atoms with Gasteiger partial charge in [0.05, 0.1) is 16.9 Å². The molecular weight excluding hydrogens is 324 g/mol. The molecular formula is C21H24N4O. The van der Waals surface area contributed by atoms with Crippen molar-refractivity contribution in [3.05, 3.63) is 60.3 Å². The molecule has 2 heterocycles. The molecule has 1 aliphatic heterocycles. The Balaban J connectivity index is 1.48. The van der Waals surface area contributed by atoms with Crippen molar-refractivity contribution >= 4 is 28.2 Å². The van der Waals surface area contributed by atoms with Crippen LogP contribution >= 0.6 is 0 Å². The summed E-state index contributed by atoms with van der Waals surface area (Å²) in [7, 11) is 0. The second kappa shape index (κ2) is 7.12. The minimum Gasteiger partial charge on any atom is -0.384 e. The number of aromatic amines is 1. The highest BCUT2D eigenvalue weighted by Gasteiger charge is 2.24. The van der Waals surface area contributed by atoms with Gasteiger partial charge in [0.1, 0.15) is 0 Å². The van der Waals surface area contributed by atoms with Crippen LogP contribution in [-0.4, -0.2) is 48.5 Å². The maximum Gasteiger partial charge on any atom is 0.256 e. The molecule has 5 heteroatoms. The van der Waals surface area contributed by atoms with Crippen LogP contribution < -0.4 is 10.2 Å². The van der Waals surface area contributed by atoms with Crippen molar-refractivity contribution < 1.29 is 4.79 Å². The average molecular weight is 348 g/mol. The number of amides is 1. The van der Waals surface area contributed by atoms with Crippen LogP contribution in [0, 0.1) is 0 Å². The van der Waals surface area contributed by atoms with Crippen molar-refractivity contribution in [2.75, 3.05) is 42.9 Å². The molecule has 1 fully saturated rings. The summed E-state index contributed by atoms with van der Waals surface area (Å²) in [4.78, 5) is 20.5. The standard InChI is InChI=1S/C21H24N4O/c1-2-22-19-9-5-6-10-20(19)24-11-13-25(14-12-24)21(26)17-15-23-18-8-4-3-7-16(17)18/h3-10,15,22-23H,2,11-14H2,1H3. The van der Waals surface area contributed by atoms with E-state index in [2.05, 4.69) is 46.4 Å². The van der Waals surface area contributed by atoms with Crippen LogP contribution in [0.2, 0.25) is 0 Å². The largest absolute Gasteiger partial charge is 0.384 e. The van der Waals surface area contributed by atoms with Gasteiger partial charge >= 0.3 is 0 Å². The van der Waals surface area contributed by atoms with Crippen molar-refractivity contribution in [3.8, 4) is 0 Å². The monoisotopic (exact) mass is 348 g/mol. The Morgan fingerprint density at radius 1 is 1.04 bits per heavy atom. The Bertz CT molecular complexity index is 909. The highest BCUT2D eigenvalue weighted by atomic mass is 16.2. The highest BCUT2D eigenvalue weighted by molar-refractivity contribution is 6.06. The van der Waals surface area contributed by atoms with Crippen LogP contribution in [0.1, 0.15) is 17.3 Å². The molecule has 0 spiro atoms. The third-order valence-corrected chi connectivity index (χ3v) is 5.00. The van der Waals surface area contributed by atoms with Gasteiger partial charge in [-0.05, 0) is 25.1 Å². The van der Waals surface area contributed by atoms with E-state index in [0.717, 1.165) is 54.9 Å². The minimum atomic E-state index is 0.113. The molecule has 0 radical (unpaired) electrons. The number of hydrogen-bond donors (Lipinski definition) is 2. The molecule has 1 amide bonds. The summed E-state index contributed by atoms with van der Waals surface area (Å²) in [6.45, 7) is 6.16. The second-order valence-electron chi connectivity index (χ2n) is 6.57. The molecule has 0 unspecified atom stereocenters. The number of nitrogens with zero attached hydrogens (tertiary/aromatic N) is 2. The van der Waals surface area contributed by atoms with Gasteiger partial charge in [0.25, 0.3) is 5.91 Å². The lowest BCUT2D eigenvalue weighted by molar-refractivity contribution is 0.0749. The summed E-state index contributed by atoms with van der Waals surface area (Å²) in [5, 5.41) is 4.42. The number of carbonyl (C=O) groups excluding carboxylic acids is 1. The lowest BCUT2D eigenvalue weighted by Gasteiger charge is -2.37. The number of fused-ring (bicyclic) bond motifs is 1. The average Bonchev–Trinajstić information content (AvgIpc) is 3.12. The van der Waals surface area contributed by atoms with Gasteiger partial charge in [-0.1, -0.05) is 30.3 Å². The van der Waals surface area contributed by atoms with E-state index in [1.165, 1.54) is 5.69 Å². The van der Waals surface area contributed by atoms with Crippen molar-refractivity contribution in [3.63, 3.8) is 0 Å². The zero-order chi connectivity index (χ0) is 17.9. The van der Waals surface area contributed by atoms with Crippen LogP contribution in [-0.2, 0) is 0 Å². The van der Waals surface area contributed by atoms with Gasteiger partial charge in [-0.3, -0.25) is 4.79 Å². The maximum absolute atomic E-state index is 13.0. The van der Waals surface area contributed by atoms with Crippen LogP contribution in [0.4, 0.5) is 11.4 Å². The van der Waals surface area contributed by atoms with Gasteiger partial charge in [0.15, 0.2) is 0 Å². The Labute approximate surface area is 153 Å². The van der Waals surface area contributed by atoms with Crippen LogP contribution in [0.15, 0.2) is 54.7 Å². The smallest absolute Gasteiger partial charge is 0.256 e. The quantitative estimate of drug-likeness (QED) is 0.758. The Kier molecular flexibility index (Phi) is 4.52. The van der Waals surface area contributed by atoms with E-state index in [-0.39, 0.29) is 5.91 Å². The molecule has 1 aliphatic rings. The predicted octanol–water partition coefficient (Wildman–Crippen LogP) is 3.56. The maximum atomic E-state index is 13.0. The number of H-pyrrole nitrogens is 1. The molecule has 0 atom stereocenters. The van der Waals surface area contributed by atoms with Gasteiger partial charge in [-0.25, -0.2) is 0 Å². The van der Waals surface area contributed by atoms with E-state index in [4.69, 9.17) is 0 Å². The normalized spacial score (nSPS) is 14.7. The fourth-order valence-corrected chi connectivity index (χ4v) is 3.66. The second-order valence-corrected chi connectivity index (χ2v) is 6.57. The first-order valence-electron chi connectivity index (χ1n) is 9.21. The van der Waals surface area contributed by atoms with Crippen LogP contribution in [0.25, 0.3) is 10.9 Å². The number of hydrogen-bond acceptors (Lipinski definition) is 3. The minimum absolute atomic E-state index is 0.113. The van der Waals surface area contributed by atoms with Gasteiger partial charge in [-0.2, -0.15) is 0 Å². The number of benzene rings is 2. The number of nitrogens with one attached hydrogen (secondary N) is 2. The van der Waals surface area contributed by atoms with E-state index in [1.54, 1.807) is 0 Å². The summed E-state index contributed by atoms with van der Waals surface area (Å²) in [5.41, 5.74) is 4.15. The van der Waals surface area contributed by atoms with Crippen molar-refractivity contribution in [2.45, 2.75) is 6.92 Å². The summed E-state index contributed by atoms with van der Waals surface area (Å²) in [6, 6.07) is 16.3. The van der Waals surface area contributed by atoms with E-state index in [9.17, 15) is 4.79 Å². The Hall–Kier alpha value is -2.95. The fourth-order valence-electron chi connectivity index (χ4n) is 3.66. The molecule has 1 saturated heterocycles. The zero-order valence-electron chi connectivity index (χ0n) is 15.0. The highest BCUT2D eigenvalue weighted by Crippen LogP contribution is 2.27. The topological polar surface area (TPSA) is 51.4 Å². The van der Waals surface area contributed by atoms with Gasteiger partial charge in [0.2, 0.25) is 0 Å². The number of anilines is 2. The number of carbonyl (C=O) groups is 1. The molecule has 3 aromatic rings. The van der Waals surface area contributed by atoms with E-state index >= 15 is 0 Å². The van der Waals surface area contributed by atoms with Crippen molar-refractivity contribution in [2.24, 2.45) is 0 Å². The van der Waals surface area contributed by atoms with Crippen LogP contribution in [0.3, 0.4) is 0 Å². The van der Waals surface area contributed by atoms with Gasteiger partial charge in [-0.15, -0.1) is 0 Å². The van der Waals surface area contributed by atoms with E-state index in [1.807, 2.05) is 35.4 Å². The predicted molar refractivity (Wildman–Crippen MR) is 107 cm³/mol. The van der Waals surface area contributed by atoms with Crippen molar-refractivity contribution in [1.29, 1.82) is 0 Å². The molecule has 5 nitrogen and oxygen atoms in total. The van der Waals surface area contributed by atoms with Crippen LogP contribution in [0.5, 0.6) is 0 Å². The third kappa shape index (κ3) is 3.01. The molecule has 0 bridgehead atoms. The van der Waals surface area contributed by atoms with E-state index in [0.29, 0.717) is 0 Å². The molecule has 4 rings (SSSR count). The number of rotatable bonds is 4. The summed E-state index contributed by atoms with van der Waals surface area (Å²) < 4.78 is 0. The molecule has 1 aromatic heterocycles. The Morgan fingerprint density at radius 3 is 2.58 bits per heavy atom. The first-order valence-corrected chi connectivity index (χ1v) is 9.21. The summed E-state index contributed by atoms with van der Waals surface area (Å²) in [5.74, 6) is 0.113. The number of para-hydroxylation sites is 3.